The lowest BCUT2D eigenvalue weighted by atomic mass is 10.1. The normalized spacial score (nSPS) is 16.2. The molecule has 0 spiro atoms. The molecule has 0 unspecified atom stereocenters. The van der Waals surface area contributed by atoms with Gasteiger partial charge in [0, 0.05) is 12.6 Å². The number of aliphatic hydroxyl groups excluding tert-OH is 1. The van der Waals surface area contributed by atoms with Gasteiger partial charge in [-0.3, -0.25) is 10.4 Å². The van der Waals surface area contributed by atoms with Crippen molar-refractivity contribution >= 4 is 5.70 Å². The summed E-state index contributed by atoms with van der Waals surface area (Å²) in [4.78, 5) is 0. The number of hydrogen-bond acceptors (Lipinski definition) is 4. The summed E-state index contributed by atoms with van der Waals surface area (Å²) in [5.74, 6) is 0.147. The highest BCUT2D eigenvalue weighted by molar-refractivity contribution is 5.65. The van der Waals surface area contributed by atoms with Crippen molar-refractivity contribution in [2.75, 3.05) is 7.05 Å². The molecule has 0 fully saturated rings. The smallest absolute Gasteiger partial charge is 0.226 e. The molecule has 0 saturated carbocycles. The van der Waals surface area contributed by atoms with E-state index in [0.717, 1.165) is 11.3 Å². The van der Waals surface area contributed by atoms with E-state index < -0.39 is 0 Å². The third-order valence-corrected chi connectivity index (χ3v) is 1.95. The molecule has 0 saturated heterocycles. The van der Waals surface area contributed by atoms with Crippen LogP contribution in [0.15, 0.2) is 36.2 Å². The van der Waals surface area contributed by atoms with Gasteiger partial charge in [-0.25, -0.2) is 0 Å². The van der Waals surface area contributed by atoms with Crippen LogP contribution in [0.5, 0.6) is 0 Å². The van der Waals surface area contributed by atoms with Crippen molar-refractivity contribution in [2.45, 2.75) is 0 Å². The molecular weight excluding hydrogens is 166 g/mol. The predicted octanol–water partition coefficient (Wildman–Crippen LogP) is 0.825. The van der Waals surface area contributed by atoms with E-state index in [1.807, 2.05) is 37.4 Å². The Balaban J connectivity index is 2.41. The minimum absolute atomic E-state index is 0.147. The number of nitrogens with one attached hydrogen (secondary N) is 2. The highest BCUT2D eigenvalue weighted by Crippen LogP contribution is 2.20. The molecule has 0 radical (unpaired) electrons. The average Bonchev–Trinajstić information content (AvgIpc) is 2.48. The summed E-state index contributed by atoms with van der Waals surface area (Å²) in [5.41, 5.74) is 7.13. The van der Waals surface area contributed by atoms with Gasteiger partial charge in [-0.1, -0.05) is 30.3 Å². The van der Waals surface area contributed by atoms with Crippen LogP contribution in [0.4, 0.5) is 0 Å². The molecule has 1 heterocycles. The zero-order chi connectivity index (χ0) is 9.26. The van der Waals surface area contributed by atoms with Gasteiger partial charge in [-0.2, -0.15) is 0 Å². The number of nitrogens with zero attached hydrogens (tertiary/aromatic N) is 1. The molecule has 4 nitrogen and oxygen atoms in total. The monoisotopic (exact) mass is 177 g/mol. The first kappa shape index (κ1) is 7.94. The molecule has 2 rings (SSSR count). The van der Waals surface area contributed by atoms with Crippen molar-refractivity contribution in [3.63, 3.8) is 0 Å². The van der Waals surface area contributed by atoms with Crippen LogP contribution in [0.2, 0.25) is 0 Å². The number of rotatable bonds is 1. The first-order chi connectivity index (χ1) is 6.29. The zero-order valence-corrected chi connectivity index (χ0v) is 7.28. The fourth-order valence-electron chi connectivity index (χ4n) is 1.34. The van der Waals surface area contributed by atoms with Crippen molar-refractivity contribution in [2.24, 2.45) is 0 Å². The van der Waals surface area contributed by atoms with Crippen LogP contribution in [0, 0.1) is 0 Å². The molecule has 0 amide bonds. The summed E-state index contributed by atoms with van der Waals surface area (Å²) in [6.45, 7) is 0. The van der Waals surface area contributed by atoms with Crippen LogP contribution in [0.25, 0.3) is 5.70 Å². The van der Waals surface area contributed by atoms with Gasteiger partial charge in [0.05, 0.1) is 0 Å². The second-order valence-electron chi connectivity index (χ2n) is 2.86. The molecule has 1 aromatic rings. The summed E-state index contributed by atoms with van der Waals surface area (Å²) in [6, 6.07) is 9.69. The second-order valence-corrected chi connectivity index (χ2v) is 2.86. The van der Waals surface area contributed by atoms with Crippen LogP contribution in [0.1, 0.15) is 5.56 Å². The SMILES string of the molecule is CN1NNC(O)=C1c1ccccc1. The van der Waals surface area contributed by atoms with E-state index in [1.54, 1.807) is 5.01 Å². The maximum atomic E-state index is 9.48. The first-order valence-corrected chi connectivity index (χ1v) is 4.03. The number of hydrogen-bond donors (Lipinski definition) is 3. The molecule has 0 atom stereocenters. The largest absolute Gasteiger partial charge is 0.492 e. The van der Waals surface area contributed by atoms with E-state index in [4.69, 9.17) is 0 Å². The summed E-state index contributed by atoms with van der Waals surface area (Å²) in [7, 11) is 1.83. The summed E-state index contributed by atoms with van der Waals surface area (Å²) in [6.07, 6.45) is 0. The van der Waals surface area contributed by atoms with Gasteiger partial charge in [0.15, 0.2) is 0 Å². The van der Waals surface area contributed by atoms with Crippen LogP contribution >= 0.6 is 0 Å². The predicted molar refractivity (Wildman–Crippen MR) is 50.0 cm³/mol. The van der Waals surface area contributed by atoms with Crippen LogP contribution < -0.4 is 11.0 Å². The van der Waals surface area contributed by atoms with Gasteiger partial charge in [0.2, 0.25) is 5.88 Å². The van der Waals surface area contributed by atoms with Gasteiger partial charge in [0.1, 0.15) is 5.70 Å². The quantitative estimate of drug-likeness (QED) is 0.594. The van der Waals surface area contributed by atoms with Gasteiger partial charge in [0.25, 0.3) is 0 Å². The topological polar surface area (TPSA) is 47.5 Å². The molecule has 0 bridgehead atoms. The van der Waals surface area contributed by atoms with Crippen molar-refractivity contribution in [3.05, 3.63) is 41.8 Å². The lowest BCUT2D eigenvalue weighted by Gasteiger charge is -2.13. The van der Waals surface area contributed by atoms with Crippen molar-refractivity contribution in [3.8, 4) is 0 Å². The first-order valence-electron chi connectivity index (χ1n) is 4.03. The van der Waals surface area contributed by atoms with Crippen molar-refractivity contribution < 1.29 is 5.11 Å². The molecule has 1 aliphatic rings. The Morgan fingerprint density at radius 1 is 1.23 bits per heavy atom. The number of aliphatic hydroxyl groups is 1. The lowest BCUT2D eigenvalue weighted by molar-refractivity contribution is 0.303. The van der Waals surface area contributed by atoms with Crippen LogP contribution in [-0.2, 0) is 0 Å². The summed E-state index contributed by atoms with van der Waals surface area (Å²) < 4.78 is 0. The highest BCUT2D eigenvalue weighted by atomic mass is 16.3. The standard InChI is InChI=1S/C9H11N3O/c1-12-8(9(13)10-11-12)7-5-3-2-4-6-7/h2-6,10-11,13H,1H3. The molecule has 4 heteroatoms. The average molecular weight is 177 g/mol. The molecule has 0 aromatic heterocycles. The second kappa shape index (κ2) is 2.99. The maximum absolute atomic E-state index is 9.48. The van der Waals surface area contributed by atoms with E-state index >= 15 is 0 Å². The molecule has 13 heavy (non-hydrogen) atoms. The molecule has 3 N–H and O–H groups in total. The van der Waals surface area contributed by atoms with E-state index in [9.17, 15) is 5.11 Å². The van der Waals surface area contributed by atoms with Crippen molar-refractivity contribution in [1.29, 1.82) is 0 Å². The molecular formula is C9H11N3O. The lowest BCUT2D eigenvalue weighted by Crippen LogP contribution is -2.34. The Labute approximate surface area is 76.4 Å². The van der Waals surface area contributed by atoms with Crippen molar-refractivity contribution in [1.82, 2.24) is 16.0 Å². The van der Waals surface area contributed by atoms with E-state index in [0.29, 0.717) is 0 Å². The Morgan fingerprint density at radius 2 is 1.92 bits per heavy atom. The summed E-state index contributed by atoms with van der Waals surface area (Å²) in [5, 5.41) is 11.2. The van der Waals surface area contributed by atoms with Gasteiger partial charge >= 0.3 is 0 Å². The van der Waals surface area contributed by atoms with E-state index in [-0.39, 0.29) is 5.88 Å². The number of hydrazine groups is 2. The van der Waals surface area contributed by atoms with Crippen LogP contribution in [0.3, 0.4) is 0 Å². The van der Waals surface area contributed by atoms with E-state index in [2.05, 4.69) is 11.0 Å². The Morgan fingerprint density at radius 3 is 2.46 bits per heavy atom. The Hall–Kier alpha value is -1.68. The highest BCUT2D eigenvalue weighted by Gasteiger charge is 2.18. The minimum Gasteiger partial charge on any atom is -0.492 e. The molecule has 0 aliphatic carbocycles. The minimum atomic E-state index is 0.147. The molecule has 68 valence electrons. The number of benzene rings is 1. The third kappa shape index (κ3) is 1.31. The molecule has 1 aliphatic heterocycles. The van der Waals surface area contributed by atoms with Gasteiger partial charge < -0.3 is 5.11 Å². The fraction of sp³-hybridized carbons (Fsp3) is 0.111. The van der Waals surface area contributed by atoms with E-state index in [1.165, 1.54) is 0 Å². The van der Waals surface area contributed by atoms with Gasteiger partial charge in [-0.05, 0) is 0 Å². The molecule has 1 aromatic carbocycles. The van der Waals surface area contributed by atoms with Crippen LogP contribution in [-0.4, -0.2) is 17.2 Å². The Kier molecular flexibility index (Phi) is 1.83. The third-order valence-electron chi connectivity index (χ3n) is 1.95. The Bertz CT molecular complexity index is 334. The fourth-order valence-corrected chi connectivity index (χ4v) is 1.34. The van der Waals surface area contributed by atoms with Gasteiger partial charge in [-0.15, -0.1) is 5.53 Å². The maximum Gasteiger partial charge on any atom is 0.226 e. The summed E-state index contributed by atoms with van der Waals surface area (Å²) >= 11 is 0. The zero-order valence-electron chi connectivity index (χ0n) is 7.28.